The first-order chi connectivity index (χ1) is 10.0. The number of amides is 1. The average molecular weight is 288 g/mol. The number of nitrogen functional groups attached to an aromatic ring is 1. The molecule has 0 bridgehead atoms. The normalized spacial score (nSPS) is 10.3. The summed E-state index contributed by atoms with van der Waals surface area (Å²) in [5.74, 6) is 3.83. The van der Waals surface area contributed by atoms with Gasteiger partial charge in [-0.05, 0) is 18.6 Å². The molecular weight excluding hydrogens is 271 g/mol. The van der Waals surface area contributed by atoms with Crippen LogP contribution in [-0.2, 0) is 6.54 Å². The highest BCUT2D eigenvalue weighted by molar-refractivity contribution is 5.95. The van der Waals surface area contributed by atoms with Crippen molar-refractivity contribution in [1.29, 1.82) is 0 Å². The SMILES string of the molecule is Cc1ccc(CN(C)C(=O)c2ccnc(NN)c2F)cc1. The Bertz CT molecular complexity index is 643. The Balaban J connectivity index is 2.17. The number of hydrogen-bond donors (Lipinski definition) is 2. The summed E-state index contributed by atoms with van der Waals surface area (Å²) in [6, 6.07) is 9.15. The quantitative estimate of drug-likeness (QED) is 0.667. The van der Waals surface area contributed by atoms with Crippen molar-refractivity contribution in [2.45, 2.75) is 13.5 Å². The fraction of sp³-hybridized carbons (Fsp3) is 0.200. The molecule has 0 radical (unpaired) electrons. The Kier molecular flexibility index (Phi) is 4.49. The molecular formula is C15H17FN4O. The van der Waals surface area contributed by atoms with Gasteiger partial charge in [0.25, 0.3) is 5.91 Å². The van der Waals surface area contributed by atoms with E-state index in [2.05, 4.69) is 10.4 Å². The van der Waals surface area contributed by atoms with E-state index in [0.29, 0.717) is 6.54 Å². The lowest BCUT2D eigenvalue weighted by Gasteiger charge is -2.18. The average Bonchev–Trinajstić information content (AvgIpc) is 2.49. The van der Waals surface area contributed by atoms with Crippen LogP contribution >= 0.6 is 0 Å². The number of hydrazine groups is 1. The third kappa shape index (κ3) is 3.35. The van der Waals surface area contributed by atoms with Crippen molar-refractivity contribution in [1.82, 2.24) is 9.88 Å². The first kappa shape index (κ1) is 14.9. The highest BCUT2D eigenvalue weighted by atomic mass is 19.1. The lowest BCUT2D eigenvalue weighted by atomic mass is 10.1. The maximum Gasteiger partial charge on any atom is 0.257 e. The number of carbonyl (C=O) groups excluding carboxylic acids is 1. The van der Waals surface area contributed by atoms with Gasteiger partial charge in [-0.15, -0.1) is 0 Å². The summed E-state index contributed by atoms with van der Waals surface area (Å²) in [5, 5.41) is 0. The summed E-state index contributed by atoms with van der Waals surface area (Å²) in [6.07, 6.45) is 1.34. The van der Waals surface area contributed by atoms with Gasteiger partial charge in [-0.3, -0.25) is 4.79 Å². The molecule has 1 amide bonds. The molecule has 0 spiro atoms. The first-order valence-corrected chi connectivity index (χ1v) is 6.45. The Morgan fingerprint density at radius 1 is 1.33 bits per heavy atom. The largest absolute Gasteiger partial charge is 0.337 e. The van der Waals surface area contributed by atoms with Crippen LogP contribution in [0.5, 0.6) is 0 Å². The van der Waals surface area contributed by atoms with Gasteiger partial charge in [-0.2, -0.15) is 0 Å². The van der Waals surface area contributed by atoms with Crippen LogP contribution in [0.2, 0.25) is 0 Å². The minimum absolute atomic E-state index is 0.0624. The number of aryl methyl sites for hydroxylation is 1. The van der Waals surface area contributed by atoms with Crippen molar-refractivity contribution in [2.75, 3.05) is 12.5 Å². The van der Waals surface area contributed by atoms with Crippen molar-refractivity contribution in [3.05, 3.63) is 59.0 Å². The van der Waals surface area contributed by atoms with Crippen LogP contribution in [0.1, 0.15) is 21.5 Å². The summed E-state index contributed by atoms with van der Waals surface area (Å²) in [6.45, 7) is 2.39. The van der Waals surface area contributed by atoms with Crippen molar-refractivity contribution in [3.8, 4) is 0 Å². The van der Waals surface area contributed by atoms with E-state index >= 15 is 0 Å². The first-order valence-electron chi connectivity index (χ1n) is 6.45. The second-order valence-electron chi connectivity index (χ2n) is 4.81. The molecule has 0 aliphatic heterocycles. The molecule has 0 atom stereocenters. The monoisotopic (exact) mass is 288 g/mol. The van der Waals surface area contributed by atoms with E-state index in [1.807, 2.05) is 31.2 Å². The van der Waals surface area contributed by atoms with Crippen LogP contribution in [-0.4, -0.2) is 22.8 Å². The Labute approximate surface area is 122 Å². The molecule has 0 aliphatic carbocycles. The predicted molar refractivity (Wildman–Crippen MR) is 79.0 cm³/mol. The number of nitrogens with zero attached hydrogens (tertiary/aromatic N) is 2. The van der Waals surface area contributed by atoms with Gasteiger partial charge in [-0.25, -0.2) is 15.2 Å². The molecule has 0 fully saturated rings. The molecule has 1 aromatic heterocycles. The van der Waals surface area contributed by atoms with Gasteiger partial charge >= 0.3 is 0 Å². The predicted octanol–water partition coefficient (Wildman–Crippen LogP) is 2.09. The van der Waals surface area contributed by atoms with Crippen LogP contribution < -0.4 is 11.3 Å². The Hall–Kier alpha value is -2.47. The summed E-state index contributed by atoms with van der Waals surface area (Å²) >= 11 is 0. The van der Waals surface area contributed by atoms with Crippen molar-refractivity contribution >= 4 is 11.7 Å². The van der Waals surface area contributed by atoms with E-state index in [1.165, 1.54) is 17.2 Å². The highest BCUT2D eigenvalue weighted by Gasteiger charge is 2.19. The van der Waals surface area contributed by atoms with Gasteiger partial charge in [0, 0.05) is 19.8 Å². The van der Waals surface area contributed by atoms with E-state index in [9.17, 15) is 9.18 Å². The molecule has 0 aliphatic rings. The number of aromatic nitrogens is 1. The van der Waals surface area contributed by atoms with Crippen LogP contribution in [0.3, 0.4) is 0 Å². The number of anilines is 1. The summed E-state index contributed by atoms with van der Waals surface area (Å²) in [4.78, 5) is 17.5. The van der Waals surface area contributed by atoms with E-state index in [4.69, 9.17) is 5.84 Å². The van der Waals surface area contributed by atoms with E-state index in [-0.39, 0.29) is 11.4 Å². The molecule has 110 valence electrons. The van der Waals surface area contributed by atoms with Gasteiger partial charge in [-0.1, -0.05) is 29.8 Å². The second kappa shape index (κ2) is 6.32. The lowest BCUT2D eigenvalue weighted by molar-refractivity contribution is 0.0780. The summed E-state index contributed by atoms with van der Waals surface area (Å²) < 4.78 is 14.0. The Morgan fingerprint density at radius 3 is 2.62 bits per heavy atom. The van der Waals surface area contributed by atoms with Crippen LogP contribution in [0, 0.1) is 12.7 Å². The molecule has 21 heavy (non-hydrogen) atoms. The molecule has 3 N–H and O–H groups in total. The second-order valence-corrected chi connectivity index (χ2v) is 4.81. The van der Waals surface area contributed by atoms with Crippen LogP contribution in [0.25, 0.3) is 0 Å². The van der Waals surface area contributed by atoms with Crippen molar-refractivity contribution in [2.24, 2.45) is 5.84 Å². The Morgan fingerprint density at radius 2 is 2.00 bits per heavy atom. The van der Waals surface area contributed by atoms with E-state index in [1.54, 1.807) is 7.05 Å². The molecule has 5 nitrogen and oxygen atoms in total. The maximum absolute atomic E-state index is 14.0. The van der Waals surface area contributed by atoms with Gasteiger partial charge in [0.15, 0.2) is 11.6 Å². The lowest BCUT2D eigenvalue weighted by Crippen LogP contribution is -2.27. The highest BCUT2D eigenvalue weighted by Crippen LogP contribution is 2.16. The van der Waals surface area contributed by atoms with E-state index < -0.39 is 11.7 Å². The van der Waals surface area contributed by atoms with Crippen LogP contribution in [0.4, 0.5) is 10.2 Å². The smallest absolute Gasteiger partial charge is 0.257 e. The number of nitrogens with two attached hydrogens (primary N) is 1. The molecule has 2 rings (SSSR count). The molecule has 1 heterocycles. The fourth-order valence-electron chi connectivity index (χ4n) is 1.95. The van der Waals surface area contributed by atoms with Crippen molar-refractivity contribution in [3.63, 3.8) is 0 Å². The summed E-state index contributed by atoms with van der Waals surface area (Å²) in [7, 11) is 1.62. The number of rotatable bonds is 4. The van der Waals surface area contributed by atoms with Gasteiger partial charge < -0.3 is 10.3 Å². The topological polar surface area (TPSA) is 71.2 Å². The minimum Gasteiger partial charge on any atom is -0.337 e. The maximum atomic E-state index is 14.0. The number of hydrogen-bond acceptors (Lipinski definition) is 4. The minimum atomic E-state index is -0.749. The molecule has 0 saturated carbocycles. The molecule has 1 aromatic carbocycles. The van der Waals surface area contributed by atoms with Gasteiger partial charge in [0.2, 0.25) is 0 Å². The number of carbonyl (C=O) groups is 1. The van der Waals surface area contributed by atoms with Gasteiger partial charge in [0.05, 0.1) is 5.56 Å². The standard InChI is InChI=1S/C15H17FN4O/c1-10-3-5-11(6-4-10)9-20(2)15(21)12-7-8-18-14(19-17)13(12)16/h3-8H,9,17H2,1-2H3,(H,18,19). The fourth-order valence-corrected chi connectivity index (χ4v) is 1.95. The van der Waals surface area contributed by atoms with Crippen LogP contribution in [0.15, 0.2) is 36.5 Å². The zero-order chi connectivity index (χ0) is 15.4. The number of halogens is 1. The van der Waals surface area contributed by atoms with Gasteiger partial charge in [0.1, 0.15) is 0 Å². The summed E-state index contributed by atoms with van der Waals surface area (Å²) in [5.41, 5.74) is 4.19. The molecule has 6 heteroatoms. The van der Waals surface area contributed by atoms with Crippen molar-refractivity contribution < 1.29 is 9.18 Å². The molecule has 0 unspecified atom stereocenters. The zero-order valence-electron chi connectivity index (χ0n) is 11.9. The third-order valence-electron chi connectivity index (χ3n) is 3.14. The van der Waals surface area contributed by atoms with E-state index in [0.717, 1.165) is 11.1 Å². The molecule has 2 aromatic rings. The zero-order valence-corrected chi connectivity index (χ0v) is 11.9. The number of benzene rings is 1. The number of nitrogens with one attached hydrogen (secondary N) is 1. The third-order valence-corrected chi connectivity index (χ3v) is 3.14. The number of pyridine rings is 1. The molecule has 0 saturated heterocycles.